The fourth-order valence-corrected chi connectivity index (χ4v) is 1.96. The van der Waals surface area contributed by atoms with E-state index in [0.29, 0.717) is 14.8 Å². The van der Waals surface area contributed by atoms with Crippen molar-refractivity contribution in [3.8, 4) is 11.5 Å². The minimum atomic E-state index is -0.367. The van der Waals surface area contributed by atoms with Crippen molar-refractivity contribution in [2.24, 2.45) is 0 Å². The van der Waals surface area contributed by atoms with Gasteiger partial charge in [-0.2, -0.15) is 0 Å². The van der Waals surface area contributed by atoms with Crippen LogP contribution in [0.25, 0.3) is 0 Å². The van der Waals surface area contributed by atoms with Gasteiger partial charge in [0, 0.05) is 11.3 Å². The Kier molecular flexibility index (Phi) is 4.16. The average molecular weight is 390 g/mol. The van der Waals surface area contributed by atoms with E-state index < -0.39 is 0 Å². The lowest BCUT2D eigenvalue weighted by molar-refractivity contribution is 0.102. The highest BCUT2D eigenvalue weighted by atomic mass is 127. The zero-order valence-corrected chi connectivity index (χ0v) is 12.4. The summed E-state index contributed by atoms with van der Waals surface area (Å²) in [6.07, 6.45) is 0. The maximum Gasteiger partial charge on any atom is 0.255 e. The van der Waals surface area contributed by atoms with Gasteiger partial charge in [0.2, 0.25) is 0 Å². The molecule has 0 saturated carbocycles. The molecule has 1 amide bonds. The van der Waals surface area contributed by atoms with E-state index in [0.717, 1.165) is 0 Å². The number of benzene rings is 2. The first-order valence-corrected chi connectivity index (χ1v) is 6.71. The number of phenolic OH excluding ortho intramolecular Hbond substituents is 2. The third-order valence-electron chi connectivity index (χ3n) is 2.41. The summed E-state index contributed by atoms with van der Waals surface area (Å²) < 4.78 is 0.668. The molecule has 0 heterocycles. The van der Waals surface area contributed by atoms with Crippen LogP contribution in [0.1, 0.15) is 10.4 Å². The standard InChI is InChI=1S/C13H9ClINO3/c14-9-6-8(2-4-11(9)17)16-13(19)7-1-3-10(15)12(18)5-7/h1-6,17-18H,(H,16,19). The fourth-order valence-electron chi connectivity index (χ4n) is 1.44. The number of amides is 1. The first-order chi connectivity index (χ1) is 8.97. The summed E-state index contributed by atoms with van der Waals surface area (Å²) in [5.74, 6) is -0.364. The second kappa shape index (κ2) is 5.66. The monoisotopic (exact) mass is 389 g/mol. The molecule has 0 spiro atoms. The van der Waals surface area contributed by atoms with Crippen LogP contribution >= 0.6 is 34.2 Å². The Balaban J connectivity index is 2.20. The smallest absolute Gasteiger partial charge is 0.255 e. The Hall–Kier alpha value is -1.47. The summed E-state index contributed by atoms with van der Waals surface area (Å²) in [5.41, 5.74) is 0.799. The highest BCUT2D eigenvalue weighted by molar-refractivity contribution is 14.1. The van der Waals surface area contributed by atoms with Gasteiger partial charge in [-0.1, -0.05) is 11.6 Å². The molecule has 0 aliphatic heterocycles. The fraction of sp³-hybridized carbons (Fsp3) is 0. The first-order valence-electron chi connectivity index (χ1n) is 5.26. The normalized spacial score (nSPS) is 10.2. The molecule has 2 aromatic rings. The van der Waals surface area contributed by atoms with E-state index in [4.69, 9.17) is 11.6 Å². The minimum absolute atomic E-state index is 0.0495. The lowest BCUT2D eigenvalue weighted by Gasteiger charge is -2.07. The summed E-state index contributed by atoms with van der Waals surface area (Å²) in [7, 11) is 0. The van der Waals surface area contributed by atoms with Crippen molar-refractivity contribution in [3.63, 3.8) is 0 Å². The number of nitrogens with one attached hydrogen (secondary N) is 1. The molecular weight excluding hydrogens is 381 g/mol. The van der Waals surface area contributed by atoms with Gasteiger partial charge in [-0.15, -0.1) is 0 Å². The Morgan fingerprint density at radius 1 is 1.11 bits per heavy atom. The van der Waals surface area contributed by atoms with E-state index in [-0.39, 0.29) is 22.4 Å². The van der Waals surface area contributed by atoms with Gasteiger partial charge in [-0.25, -0.2) is 0 Å². The van der Waals surface area contributed by atoms with E-state index >= 15 is 0 Å². The van der Waals surface area contributed by atoms with E-state index in [1.54, 1.807) is 12.1 Å². The van der Waals surface area contributed by atoms with Crippen molar-refractivity contribution >= 4 is 45.8 Å². The van der Waals surface area contributed by atoms with Crippen LogP contribution in [0.2, 0.25) is 5.02 Å². The van der Waals surface area contributed by atoms with Crippen molar-refractivity contribution in [2.75, 3.05) is 5.32 Å². The van der Waals surface area contributed by atoms with E-state index in [9.17, 15) is 15.0 Å². The molecule has 0 atom stereocenters. The van der Waals surface area contributed by atoms with Gasteiger partial charge in [0.05, 0.1) is 8.59 Å². The minimum Gasteiger partial charge on any atom is -0.507 e. The Morgan fingerprint density at radius 2 is 1.84 bits per heavy atom. The van der Waals surface area contributed by atoms with Crippen molar-refractivity contribution in [1.29, 1.82) is 0 Å². The molecule has 0 saturated heterocycles. The van der Waals surface area contributed by atoms with Crippen LogP contribution < -0.4 is 5.32 Å². The molecule has 4 nitrogen and oxygen atoms in total. The third-order valence-corrected chi connectivity index (χ3v) is 3.63. The number of hydrogen-bond acceptors (Lipinski definition) is 3. The Labute approximate surface area is 128 Å². The topological polar surface area (TPSA) is 69.6 Å². The van der Waals surface area contributed by atoms with Crippen molar-refractivity contribution in [3.05, 3.63) is 50.6 Å². The second-order valence-electron chi connectivity index (χ2n) is 3.79. The van der Waals surface area contributed by atoms with Crippen LogP contribution in [0.4, 0.5) is 5.69 Å². The SMILES string of the molecule is O=C(Nc1ccc(O)c(Cl)c1)c1ccc(I)c(O)c1. The van der Waals surface area contributed by atoms with Gasteiger partial charge < -0.3 is 15.5 Å². The number of aromatic hydroxyl groups is 2. The van der Waals surface area contributed by atoms with Gasteiger partial charge in [0.1, 0.15) is 11.5 Å². The van der Waals surface area contributed by atoms with Gasteiger partial charge >= 0.3 is 0 Å². The van der Waals surface area contributed by atoms with Crippen LogP contribution in [0.15, 0.2) is 36.4 Å². The number of phenols is 2. The molecule has 0 aliphatic rings. The number of hydrogen-bond donors (Lipinski definition) is 3. The summed E-state index contributed by atoms with van der Waals surface area (Å²) >= 11 is 7.72. The second-order valence-corrected chi connectivity index (χ2v) is 5.36. The largest absolute Gasteiger partial charge is 0.507 e. The average Bonchev–Trinajstić information content (AvgIpc) is 2.37. The number of carbonyl (C=O) groups is 1. The lowest BCUT2D eigenvalue weighted by Crippen LogP contribution is -2.11. The summed E-state index contributed by atoms with van der Waals surface area (Å²) in [4.78, 5) is 11.9. The highest BCUT2D eigenvalue weighted by Gasteiger charge is 2.09. The van der Waals surface area contributed by atoms with Crippen LogP contribution in [0.3, 0.4) is 0 Å². The Bertz CT molecular complexity index is 646. The number of carbonyl (C=O) groups excluding carboxylic acids is 1. The molecule has 6 heteroatoms. The molecule has 0 unspecified atom stereocenters. The molecule has 98 valence electrons. The molecule has 0 aromatic heterocycles. The molecule has 3 N–H and O–H groups in total. The van der Waals surface area contributed by atoms with Gasteiger partial charge in [-0.3, -0.25) is 4.79 Å². The molecular formula is C13H9ClINO3. The van der Waals surface area contributed by atoms with Crippen molar-refractivity contribution in [1.82, 2.24) is 0 Å². The maximum absolute atomic E-state index is 11.9. The highest BCUT2D eigenvalue weighted by Crippen LogP contribution is 2.27. The van der Waals surface area contributed by atoms with Crippen molar-refractivity contribution < 1.29 is 15.0 Å². The number of halogens is 2. The van der Waals surface area contributed by atoms with Gasteiger partial charge in [0.25, 0.3) is 5.91 Å². The third kappa shape index (κ3) is 3.30. The van der Waals surface area contributed by atoms with Crippen LogP contribution in [0, 0.1) is 3.57 Å². The van der Waals surface area contributed by atoms with Crippen LogP contribution in [-0.4, -0.2) is 16.1 Å². The number of anilines is 1. The molecule has 2 rings (SSSR count). The summed E-state index contributed by atoms with van der Waals surface area (Å²) in [6, 6.07) is 9.02. The zero-order valence-electron chi connectivity index (χ0n) is 9.52. The molecule has 0 radical (unpaired) electrons. The van der Waals surface area contributed by atoms with E-state index in [2.05, 4.69) is 5.32 Å². The lowest BCUT2D eigenvalue weighted by atomic mass is 10.2. The molecule has 0 aliphatic carbocycles. The zero-order chi connectivity index (χ0) is 14.0. The quantitative estimate of drug-likeness (QED) is 0.543. The van der Waals surface area contributed by atoms with Crippen molar-refractivity contribution in [2.45, 2.75) is 0 Å². The molecule has 19 heavy (non-hydrogen) atoms. The van der Waals surface area contributed by atoms with Gasteiger partial charge in [-0.05, 0) is 59.0 Å². The predicted octanol–water partition coefficient (Wildman–Crippen LogP) is 3.61. The molecule has 2 aromatic carbocycles. The molecule has 0 fully saturated rings. The summed E-state index contributed by atoms with van der Waals surface area (Å²) in [6.45, 7) is 0. The maximum atomic E-state index is 11.9. The predicted molar refractivity (Wildman–Crippen MR) is 81.9 cm³/mol. The van der Waals surface area contributed by atoms with Gasteiger partial charge in [0.15, 0.2) is 0 Å². The summed E-state index contributed by atoms with van der Waals surface area (Å²) in [5, 5.41) is 21.6. The van der Waals surface area contributed by atoms with Crippen LogP contribution in [-0.2, 0) is 0 Å². The van der Waals surface area contributed by atoms with E-state index in [1.165, 1.54) is 24.3 Å². The first kappa shape index (κ1) is 14.0. The van der Waals surface area contributed by atoms with E-state index in [1.807, 2.05) is 22.6 Å². The Morgan fingerprint density at radius 3 is 2.47 bits per heavy atom. The number of rotatable bonds is 2. The van der Waals surface area contributed by atoms with Crippen LogP contribution in [0.5, 0.6) is 11.5 Å². The molecule has 0 bridgehead atoms.